The van der Waals surface area contributed by atoms with Crippen LogP contribution in [0, 0.1) is 6.92 Å². The topological polar surface area (TPSA) is 128 Å². The number of ether oxygens (including phenoxy) is 1. The number of fused-ring (bicyclic) bond motifs is 1. The van der Waals surface area contributed by atoms with Crippen molar-refractivity contribution < 1.29 is 19.1 Å². The molecule has 0 aliphatic heterocycles. The average Bonchev–Trinajstić information content (AvgIpc) is 3.11. The molecule has 27 heavy (non-hydrogen) atoms. The van der Waals surface area contributed by atoms with Gasteiger partial charge in [-0.3, -0.25) is 10.1 Å². The number of aromatic nitrogens is 4. The summed E-state index contributed by atoms with van der Waals surface area (Å²) in [6, 6.07) is 10.2. The second kappa shape index (κ2) is 8.04. The number of rotatable bonds is 5. The van der Waals surface area contributed by atoms with Crippen LogP contribution in [0.3, 0.4) is 0 Å². The first kappa shape index (κ1) is 18.0. The van der Waals surface area contributed by atoms with Crippen molar-refractivity contribution in [3.63, 3.8) is 0 Å². The van der Waals surface area contributed by atoms with Crippen LogP contribution < -0.4 is 10.6 Å². The van der Waals surface area contributed by atoms with Gasteiger partial charge in [0.05, 0.1) is 0 Å². The molecule has 0 bridgehead atoms. The van der Waals surface area contributed by atoms with E-state index in [4.69, 9.17) is 4.74 Å². The fourth-order valence-corrected chi connectivity index (χ4v) is 2.17. The standard InChI is InChI=1S/C17H16N6O4/c1-11-7-8-18-16-21-14(22-23(11)16)15(25)27-10-13(24)20-17(26)19-9-12-5-3-2-4-6-12/h2-8H,9-10H2,1H3,(H2,19,20,24,26). The smallest absolute Gasteiger partial charge is 0.378 e. The van der Waals surface area contributed by atoms with Crippen LogP contribution in [0.2, 0.25) is 0 Å². The molecule has 0 unspecified atom stereocenters. The molecule has 2 N–H and O–H groups in total. The molecular formula is C17H16N6O4. The van der Waals surface area contributed by atoms with Crippen LogP contribution in [-0.2, 0) is 16.1 Å². The maximum Gasteiger partial charge on any atom is 0.378 e. The number of urea groups is 1. The summed E-state index contributed by atoms with van der Waals surface area (Å²) in [5.41, 5.74) is 1.62. The van der Waals surface area contributed by atoms with Gasteiger partial charge in [0.15, 0.2) is 6.61 Å². The zero-order chi connectivity index (χ0) is 19.2. The molecule has 10 nitrogen and oxygen atoms in total. The molecule has 0 atom stereocenters. The highest BCUT2D eigenvalue weighted by molar-refractivity contribution is 5.96. The molecule has 0 aliphatic rings. The normalized spacial score (nSPS) is 10.4. The highest BCUT2D eigenvalue weighted by Gasteiger charge is 2.18. The van der Waals surface area contributed by atoms with Crippen molar-refractivity contribution in [3.8, 4) is 0 Å². The van der Waals surface area contributed by atoms with Gasteiger partial charge in [0.1, 0.15) is 0 Å². The Balaban J connectivity index is 1.47. The van der Waals surface area contributed by atoms with E-state index in [1.165, 1.54) is 10.7 Å². The number of hydrogen-bond donors (Lipinski definition) is 2. The first-order valence-electron chi connectivity index (χ1n) is 8.00. The van der Waals surface area contributed by atoms with Gasteiger partial charge in [-0.2, -0.15) is 4.98 Å². The molecule has 3 aromatic rings. The van der Waals surface area contributed by atoms with E-state index in [0.29, 0.717) is 0 Å². The lowest BCUT2D eigenvalue weighted by Gasteiger charge is -2.07. The predicted molar refractivity (Wildman–Crippen MR) is 92.6 cm³/mol. The molecule has 0 saturated carbocycles. The quantitative estimate of drug-likeness (QED) is 0.632. The number of aryl methyl sites for hydroxylation is 1. The predicted octanol–water partition coefficient (Wildman–Crippen LogP) is 0.616. The number of amides is 3. The third kappa shape index (κ3) is 4.63. The first-order valence-corrected chi connectivity index (χ1v) is 8.00. The number of benzene rings is 1. The number of nitrogens with one attached hydrogen (secondary N) is 2. The summed E-state index contributed by atoms with van der Waals surface area (Å²) >= 11 is 0. The molecule has 0 saturated heterocycles. The monoisotopic (exact) mass is 368 g/mol. The second-order valence-corrected chi connectivity index (χ2v) is 5.53. The molecule has 2 aromatic heterocycles. The van der Waals surface area contributed by atoms with Crippen molar-refractivity contribution >= 4 is 23.7 Å². The fraction of sp³-hybridized carbons (Fsp3) is 0.176. The van der Waals surface area contributed by atoms with E-state index in [-0.39, 0.29) is 18.1 Å². The molecule has 2 heterocycles. The second-order valence-electron chi connectivity index (χ2n) is 5.53. The lowest BCUT2D eigenvalue weighted by atomic mass is 10.2. The van der Waals surface area contributed by atoms with E-state index in [9.17, 15) is 14.4 Å². The summed E-state index contributed by atoms with van der Waals surface area (Å²) in [6.45, 7) is 1.40. The number of carbonyl (C=O) groups is 3. The van der Waals surface area contributed by atoms with E-state index in [0.717, 1.165) is 11.3 Å². The Morgan fingerprint density at radius 3 is 2.67 bits per heavy atom. The first-order chi connectivity index (χ1) is 13.0. The van der Waals surface area contributed by atoms with E-state index >= 15 is 0 Å². The molecule has 0 fully saturated rings. The number of carbonyl (C=O) groups excluding carboxylic acids is 3. The maximum atomic E-state index is 12.0. The molecule has 10 heteroatoms. The summed E-state index contributed by atoms with van der Waals surface area (Å²) in [7, 11) is 0. The zero-order valence-corrected chi connectivity index (χ0v) is 14.4. The van der Waals surface area contributed by atoms with Gasteiger partial charge in [-0.25, -0.2) is 19.1 Å². The van der Waals surface area contributed by atoms with Gasteiger partial charge in [-0.05, 0) is 18.6 Å². The summed E-state index contributed by atoms with van der Waals surface area (Å²) in [5.74, 6) is -1.64. The van der Waals surface area contributed by atoms with Gasteiger partial charge < -0.3 is 10.1 Å². The van der Waals surface area contributed by atoms with Gasteiger partial charge in [-0.15, -0.1) is 5.10 Å². The van der Waals surface area contributed by atoms with Gasteiger partial charge in [-0.1, -0.05) is 30.3 Å². The van der Waals surface area contributed by atoms with Crippen molar-refractivity contribution in [2.75, 3.05) is 6.61 Å². The lowest BCUT2D eigenvalue weighted by molar-refractivity contribution is -0.123. The molecular weight excluding hydrogens is 352 g/mol. The highest BCUT2D eigenvalue weighted by Crippen LogP contribution is 2.03. The summed E-state index contributed by atoms with van der Waals surface area (Å²) in [6.07, 6.45) is 1.54. The van der Waals surface area contributed by atoms with E-state index in [2.05, 4.69) is 25.7 Å². The molecule has 138 valence electrons. The van der Waals surface area contributed by atoms with Crippen LogP contribution in [0.15, 0.2) is 42.6 Å². The third-order valence-corrected chi connectivity index (χ3v) is 3.50. The minimum Gasteiger partial charge on any atom is -0.450 e. The molecule has 0 aliphatic carbocycles. The van der Waals surface area contributed by atoms with Gasteiger partial charge >= 0.3 is 12.0 Å². The Morgan fingerprint density at radius 2 is 1.93 bits per heavy atom. The van der Waals surface area contributed by atoms with E-state index in [1.54, 1.807) is 13.0 Å². The molecule has 3 rings (SSSR count). The Labute approximate surface area is 153 Å². The van der Waals surface area contributed by atoms with Crippen molar-refractivity contribution in [2.24, 2.45) is 0 Å². The van der Waals surface area contributed by atoms with Crippen molar-refractivity contribution in [1.82, 2.24) is 30.2 Å². The molecule has 1 aromatic carbocycles. The number of nitrogens with zero attached hydrogens (tertiary/aromatic N) is 4. The Bertz CT molecular complexity index is 986. The van der Waals surface area contributed by atoms with Gasteiger partial charge in [0.25, 0.3) is 17.5 Å². The maximum absolute atomic E-state index is 12.0. The highest BCUT2D eigenvalue weighted by atomic mass is 16.5. The molecule has 0 spiro atoms. The van der Waals surface area contributed by atoms with Crippen LogP contribution in [0.25, 0.3) is 5.78 Å². The fourth-order valence-electron chi connectivity index (χ4n) is 2.17. The summed E-state index contributed by atoms with van der Waals surface area (Å²) in [5, 5.41) is 8.57. The van der Waals surface area contributed by atoms with E-state index < -0.39 is 24.5 Å². The zero-order valence-electron chi connectivity index (χ0n) is 14.4. The Kier molecular flexibility index (Phi) is 5.36. The van der Waals surface area contributed by atoms with Crippen LogP contribution in [0.4, 0.5) is 4.79 Å². The van der Waals surface area contributed by atoms with Crippen LogP contribution in [0.1, 0.15) is 21.9 Å². The van der Waals surface area contributed by atoms with Gasteiger partial charge in [0, 0.05) is 18.4 Å². The lowest BCUT2D eigenvalue weighted by Crippen LogP contribution is -2.41. The number of hydrogen-bond acceptors (Lipinski definition) is 7. The number of esters is 1. The van der Waals surface area contributed by atoms with Crippen molar-refractivity contribution in [3.05, 3.63) is 59.7 Å². The van der Waals surface area contributed by atoms with Crippen molar-refractivity contribution in [1.29, 1.82) is 0 Å². The summed E-state index contributed by atoms with van der Waals surface area (Å²) < 4.78 is 6.21. The van der Waals surface area contributed by atoms with Crippen LogP contribution in [0.5, 0.6) is 0 Å². The van der Waals surface area contributed by atoms with Crippen LogP contribution in [-0.4, -0.2) is 44.1 Å². The Hall–Kier alpha value is -3.82. The summed E-state index contributed by atoms with van der Waals surface area (Å²) in [4.78, 5) is 43.3. The van der Waals surface area contributed by atoms with Crippen molar-refractivity contribution in [2.45, 2.75) is 13.5 Å². The van der Waals surface area contributed by atoms with Crippen LogP contribution >= 0.6 is 0 Å². The van der Waals surface area contributed by atoms with E-state index in [1.807, 2.05) is 30.3 Å². The minimum absolute atomic E-state index is 0.224. The Morgan fingerprint density at radius 1 is 1.15 bits per heavy atom. The molecule has 3 amide bonds. The SMILES string of the molecule is Cc1ccnc2nc(C(=O)OCC(=O)NC(=O)NCc3ccccc3)nn12. The minimum atomic E-state index is -0.889. The third-order valence-electron chi connectivity index (χ3n) is 3.50. The average molecular weight is 368 g/mol. The molecule has 0 radical (unpaired) electrons. The number of imide groups is 1. The van der Waals surface area contributed by atoms with Gasteiger partial charge in [0.2, 0.25) is 0 Å². The largest absolute Gasteiger partial charge is 0.450 e.